The van der Waals surface area contributed by atoms with Crippen molar-refractivity contribution < 1.29 is 14.6 Å². The number of carboxylic acid groups (broad SMARTS) is 1. The van der Waals surface area contributed by atoms with Crippen LogP contribution in [0.25, 0.3) is 0 Å². The van der Waals surface area contributed by atoms with Gasteiger partial charge in [0.15, 0.2) is 0 Å². The molecule has 3 heterocycles. The fourth-order valence-electron chi connectivity index (χ4n) is 3.15. The van der Waals surface area contributed by atoms with E-state index in [0.717, 1.165) is 17.9 Å². The fraction of sp³-hybridized carbons (Fsp3) is 0.190. The van der Waals surface area contributed by atoms with Crippen LogP contribution in [0, 0.1) is 0 Å². The first-order valence-electron chi connectivity index (χ1n) is 9.42. The second-order valence-electron chi connectivity index (χ2n) is 6.70. The molecule has 0 saturated heterocycles. The van der Waals surface area contributed by atoms with Crippen molar-refractivity contribution >= 4 is 11.8 Å². The monoisotopic (exact) mass is 393 g/mol. The predicted molar refractivity (Wildman–Crippen MR) is 110 cm³/mol. The first kappa shape index (κ1) is 18.5. The van der Waals surface area contributed by atoms with Crippen LogP contribution < -0.4 is 15.5 Å². The first-order chi connectivity index (χ1) is 14.2. The van der Waals surface area contributed by atoms with Crippen LogP contribution in [0.2, 0.25) is 0 Å². The number of anilines is 1. The molecule has 0 atom stereocenters. The molecular weight excluding hydrogens is 370 g/mol. The lowest BCUT2D eigenvalue weighted by atomic mass is 10.2. The molecule has 1 aromatic rings. The van der Waals surface area contributed by atoms with Crippen LogP contribution >= 0.6 is 0 Å². The molecule has 0 unspecified atom stereocenters. The molecule has 0 spiro atoms. The van der Waals surface area contributed by atoms with Crippen molar-refractivity contribution in [1.82, 2.24) is 20.1 Å². The van der Waals surface area contributed by atoms with Crippen molar-refractivity contribution in [3.05, 3.63) is 84.9 Å². The summed E-state index contributed by atoms with van der Waals surface area (Å²) in [6.07, 6.45) is 15.3. The molecule has 8 heteroatoms. The van der Waals surface area contributed by atoms with Gasteiger partial charge in [-0.05, 0) is 36.4 Å². The number of benzene rings is 1. The number of nitrogens with one attached hydrogen (secondary N) is 2. The summed E-state index contributed by atoms with van der Waals surface area (Å²) in [5.74, 6) is 1.31. The number of rotatable bonds is 5. The molecule has 0 saturated carbocycles. The van der Waals surface area contributed by atoms with Crippen LogP contribution in [0.3, 0.4) is 0 Å². The molecule has 0 radical (unpaired) electrons. The highest BCUT2D eigenvalue weighted by Gasteiger charge is 2.19. The smallest absolute Gasteiger partial charge is 0.407 e. The normalized spacial score (nSPS) is 18.1. The van der Waals surface area contributed by atoms with Crippen LogP contribution in [-0.4, -0.2) is 45.6 Å². The summed E-state index contributed by atoms with van der Waals surface area (Å²) < 4.78 is 5.94. The van der Waals surface area contributed by atoms with Gasteiger partial charge in [0.2, 0.25) is 5.88 Å². The Balaban J connectivity index is 1.36. The van der Waals surface area contributed by atoms with Gasteiger partial charge in [-0.25, -0.2) is 4.79 Å². The minimum Gasteiger partial charge on any atom is -0.465 e. The minimum absolute atomic E-state index is 0.392. The molecule has 0 aromatic heterocycles. The van der Waals surface area contributed by atoms with Gasteiger partial charge in [-0.2, -0.15) is 0 Å². The summed E-state index contributed by atoms with van der Waals surface area (Å²) in [6.45, 7) is 1.69. The Labute approximate surface area is 169 Å². The molecule has 150 valence electrons. The van der Waals surface area contributed by atoms with Gasteiger partial charge in [0.05, 0.1) is 18.4 Å². The predicted octanol–water partition coefficient (Wildman–Crippen LogP) is 3.22. The van der Waals surface area contributed by atoms with Crippen molar-refractivity contribution in [2.24, 2.45) is 0 Å². The Morgan fingerprint density at radius 1 is 1.14 bits per heavy atom. The number of nitrogens with zero attached hydrogens (tertiary/aromatic N) is 3. The van der Waals surface area contributed by atoms with Crippen LogP contribution in [0.1, 0.15) is 6.42 Å². The van der Waals surface area contributed by atoms with E-state index in [2.05, 4.69) is 16.8 Å². The van der Waals surface area contributed by atoms with Crippen molar-refractivity contribution in [3.8, 4) is 5.75 Å². The maximum Gasteiger partial charge on any atom is 0.407 e. The Hall–Kier alpha value is -3.81. The zero-order chi connectivity index (χ0) is 20.1. The summed E-state index contributed by atoms with van der Waals surface area (Å²) in [5.41, 5.74) is 5.33. The number of ether oxygens (including phenoxy) is 1. The lowest BCUT2D eigenvalue weighted by Gasteiger charge is -2.30. The van der Waals surface area contributed by atoms with Crippen LogP contribution in [-0.2, 0) is 0 Å². The van der Waals surface area contributed by atoms with E-state index in [1.807, 2.05) is 71.0 Å². The van der Waals surface area contributed by atoms with Crippen molar-refractivity contribution in [3.63, 3.8) is 0 Å². The Morgan fingerprint density at radius 3 is 2.69 bits per heavy atom. The third kappa shape index (κ3) is 4.73. The molecule has 3 aliphatic rings. The zero-order valence-electron chi connectivity index (χ0n) is 15.9. The topological polar surface area (TPSA) is 80.3 Å². The van der Waals surface area contributed by atoms with Gasteiger partial charge in [-0.15, -0.1) is 0 Å². The number of hydrogen-bond acceptors (Lipinski definition) is 6. The molecule has 29 heavy (non-hydrogen) atoms. The highest BCUT2D eigenvalue weighted by molar-refractivity contribution is 5.65. The third-order valence-corrected chi connectivity index (χ3v) is 4.67. The van der Waals surface area contributed by atoms with Gasteiger partial charge in [0, 0.05) is 43.8 Å². The molecule has 4 rings (SSSR count). The van der Waals surface area contributed by atoms with Crippen molar-refractivity contribution in [1.29, 1.82) is 0 Å². The summed E-state index contributed by atoms with van der Waals surface area (Å²) in [7, 11) is 0. The molecule has 8 nitrogen and oxygen atoms in total. The summed E-state index contributed by atoms with van der Waals surface area (Å²) >= 11 is 0. The molecular formula is C21H23N5O3. The lowest BCUT2D eigenvalue weighted by Crippen LogP contribution is -2.35. The molecule has 0 bridgehead atoms. The Bertz CT molecular complexity index is 901. The van der Waals surface area contributed by atoms with Crippen molar-refractivity contribution in [2.45, 2.75) is 6.42 Å². The van der Waals surface area contributed by atoms with Crippen LogP contribution in [0.5, 0.6) is 5.75 Å². The number of hydrazine groups is 1. The SMILES string of the molecule is O=C(O)N1CC=C(N2C=CNC(Oc3ccc(NN4C=CC=CC4)cc3)=C2)CC1. The van der Waals surface area contributed by atoms with Gasteiger partial charge in [0.25, 0.3) is 0 Å². The zero-order valence-corrected chi connectivity index (χ0v) is 15.9. The molecule has 1 amide bonds. The largest absolute Gasteiger partial charge is 0.465 e. The summed E-state index contributed by atoms with van der Waals surface area (Å²) in [4.78, 5) is 14.4. The van der Waals surface area contributed by atoms with E-state index in [0.29, 0.717) is 31.1 Å². The van der Waals surface area contributed by atoms with Gasteiger partial charge in [-0.3, -0.25) is 10.4 Å². The van der Waals surface area contributed by atoms with Crippen molar-refractivity contribution in [2.75, 3.05) is 25.1 Å². The second kappa shape index (κ2) is 8.47. The van der Waals surface area contributed by atoms with Gasteiger partial charge in [-0.1, -0.05) is 12.2 Å². The maximum atomic E-state index is 11.0. The Morgan fingerprint density at radius 2 is 2.00 bits per heavy atom. The Kier molecular flexibility index (Phi) is 5.42. The van der Waals surface area contributed by atoms with Gasteiger partial charge >= 0.3 is 6.09 Å². The number of carbonyl (C=O) groups is 1. The van der Waals surface area contributed by atoms with E-state index in [4.69, 9.17) is 9.84 Å². The quantitative estimate of drug-likeness (QED) is 0.709. The fourth-order valence-corrected chi connectivity index (χ4v) is 3.15. The molecule has 3 N–H and O–H groups in total. The minimum atomic E-state index is -0.888. The van der Waals surface area contributed by atoms with Gasteiger partial charge in [0.1, 0.15) is 5.75 Å². The molecule has 1 aromatic carbocycles. The lowest BCUT2D eigenvalue weighted by molar-refractivity contribution is 0.147. The molecule has 3 aliphatic heterocycles. The summed E-state index contributed by atoms with van der Waals surface area (Å²) in [5, 5.41) is 14.1. The van der Waals surface area contributed by atoms with E-state index in [9.17, 15) is 4.79 Å². The highest BCUT2D eigenvalue weighted by atomic mass is 16.5. The summed E-state index contributed by atoms with van der Waals surface area (Å²) in [6, 6.07) is 7.73. The van der Waals surface area contributed by atoms with Gasteiger partial charge < -0.3 is 25.0 Å². The number of allylic oxidation sites excluding steroid dienone is 2. The van der Waals surface area contributed by atoms with Crippen LogP contribution in [0.4, 0.5) is 10.5 Å². The van der Waals surface area contributed by atoms with E-state index >= 15 is 0 Å². The van der Waals surface area contributed by atoms with E-state index < -0.39 is 6.09 Å². The van der Waals surface area contributed by atoms with E-state index in [-0.39, 0.29) is 0 Å². The average molecular weight is 393 g/mol. The second-order valence-corrected chi connectivity index (χ2v) is 6.70. The maximum absolute atomic E-state index is 11.0. The van der Waals surface area contributed by atoms with E-state index in [1.54, 1.807) is 6.20 Å². The highest BCUT2D eigenvalue weighted by Crippen LogP contribution is 2.22. The molecule has 0 fully saturated rings. The third-order valence-electron chi connectivity index (χ3n) is 4.67. The number of hydrogen-bond donors (Lipinski definition) is 3. The standard InChI is InChI=1S/C21H23N5O3/c27-21(28)24-13-8-18(9-14-24)25-15-10-22-20(16-25)29-19-6-4-17(5-7-19)23-26-11-2-1-3-12-26/h1-8,10-11,15-16,22-23H,9,12-14H2,(H,27,28). The average Bonchev–Trinajstić information content (AvgIpc) is 2.76. The first-order valence-corrected chi connectivity index (χ1v) is 9.42. The molecule has 0 aliphatic carbocycles. The van der Waals surface area contributed by atoms with Crippen LogP contribution in [0.15, 0.2) is 84.9 Å². The van der Waals surface area contributed by atoms with E-state index in [1.165, 1.54) is 4.90 Å². The number of amides is 1.